The van der Waals surface area contributed by atoms with Gasteiger partial charge < -0.3 is 10.3 Å². The zero-order chi connectivity index (χ0) is 12.0. The summed E-state index contributed by atoms with van der Waals surface area (Å²) in [5, 5.41) is 8.66. The Morgan fingerprint density at radius 3 is 2.94 bits per heavy atom. The standard InChI is InChI=1S/C12H11ClN4/c1-17-6-8(11-10(14)5-15-16-11)7-3-2-4-9(13)12(7)17/h2-6H,14H2,1H3,(H,15,16). The summed E-state index contributed by atoms with van der Waals surface area (Å²) in [4.78, 5) is 0. The van der Waals surface area contributed by atoms with Crippen LogP contribution in [0.2, 0.25) is 5.02 Å². The number of nitrogens with two attached hydrogens (primary N) is 1. The third-order valence-electron chi connectivity index (χ3n) is 2.89. The maximum absolute atomic E-state index is 6.20. The normalized spacial score (nSPS) is 11.2. The Labute approximate surface area is 103 Å². The molecule has 0 radical (unpaired) electrons. The average molecular weight is 247 g/mol. The van der Waals surface area contributed by atoms with E-state index in [0.717, 1.165) is 27.2 Å². The number of anilines is 1. The fourth-order valence-corrected chi connectivity index (χ4v) is 2.44. The number of hydrogen-bond acceptors (Lipinski definition) is 2. The lowest BCUT2D eigenvalue weighted by Crippen LogP contribution is -1.85. The molecule has 17 heavy (non-hydrogen) atoms. The number of aromatic nitrogens is 3. The lowest BCUT2D eigenvalue weighted by molar-refractivity contribution is 0.969. The van der Waals surface area contributed by atoms with E-state index in [1.165, 1.54) is 0 Å². The van der Waals surface area contributed by atoms with Gasteiger partial charge in [0.2, 0.25) is 0 Å². The second-order valence-electron chi connectivity index (χ2n) is 3.99. The Kier molecular flexibility index (Phi) is 2.12. The number of H-pyrrole nitrogens is 1. The molecule has 0 fully saturated rings. The molecule has 2 aromatic heterocycles. The number of benzene rings is 1. The van der Waals surface area contributed by atoms with Crippen molar-refractivity contribution in [3.8, 4) is 11.3 Å². The monoisotopic (exact) mass is 246 g/mol. The van der Waals surface area contributed by atoms with E-state index in [0.29, 0.717) is 5.69 Å². The van der Waals surface area contributed by atoms with Crippen LogP contribution in [0.3, 0.4) is 0 Å². The number of aromatic amines is 1. The van der Waals surface area contributed by atoms with Gasteiger partial charge in [-0.05, 0) is 6.07 Å². The van der Waals surface area contributed by atoms with Gasteiger partial charge in [-0.15, -0.1) is 0 Å². The largest absolute Gasteiger partial charge is 0.396 e. The Balaban J connectivity index is 2.40. The third-order valence-corrected chi connectivity index (χ3v) is 3.20. The predicted octanol–water partition coefficient (Wildman–Crippen LogP) is 2.80. The van der Waals surface area contributed by atoms with Crippen molar-refractivity contribution in [3.05, 3.63) is 35.6 Å². The minimum Gasteiger partial charge on any atom is -0.396 e. The number of nitrogen functional groups attached to an aromatic ring is 1. The van der Waals surface area contributed by atoms with Crippen molar-refractivity contribution < 1.29 is 0 Å². The van der Waals surface area contributed by atoms with Crippen LogP contribution >= 0.6 is 11.6 Å². The summed E-state index contributed by atoms with van der Waals surface area (Å²) in [6.07, 6.45) is 3.61. The zero-order valence-corrected chi connectivity index (χ0v) is 9.99. The molecule has 0 saturated carbocycles. The number of rotatable bonds is 1. The second kappa shape index (κ2) is 3.53. The Morgan fingerprint density at radius 2 is 2.24 bits per heavy atom. The van der Waals surface area contributed by atoms with Crippen LogP contribution in [0.5, 0.6) is 0 Å². The molecule has 0 saturated heterocycles. The zero-order valence-electron chi connectivity index (χ0n) is 9.24. The highest BCUT2D eigenvalue weighted by molar-refractivity contribution is 6.35. The number of para-hydroxylation sites is 1. The molecule has 5 heteroatoms. The third kappa shape index (κ3) is 1.41. The summed E-state index contributed by atoms with van der Waals surface area (Å²) < 4.78 is 1.99. The summed E-state index contributed by atoms with van der Waals surface area (Å²) in [6, 6.07) is 5.83. The van der Waals surface area contributed by atoms with Gasteiger partial charge in [-0.3, -0.25) is 5.10 Å². The second-order valence-corrected chi connectivity index (χ2v) is 4.40. The fraction of sp³-hybridized carbons (Fsp3) is 0.0833. The average Bonchev–Trinajstić information content (AvgIpc) is 2.84. The molecule has 3 N–H and O–H groups in total. The maximum atomic E-state index is 6.20. The van der Waals surface area contributed by atoms with Crippen molar-refractivity contribution >= 4 is 28.2 Å². The molecular weight excluding hydrogens is 236 g/mol. The number of aryl methyl sites for hydroxylation is 1. The molecule has 0 aliphatic heterocycles. The fourth-order valence-electron chi connectivity index (χ4n) is 2.13. The van der Waals surface area contributed by atoms with Gasteiger partial charge in [0.15, 0.2) is 0 Å². The van der Waals surface area contributed by atoms with Crippen molar-refractivity contribution in [3.63, 3.8) is 0 Å². The molecule has 0 aliphatic rings. The van der Waals surface area contributed by atoms with Crippen molar-refractivity contribution in [2.75, 3.05) is 5.73 Å². The van der Waals surface area contributed by atoms with E-state index in [9.17, 15) is 0 Å². The lowest BCUT2D eigenvalue weighted by Gasteiger charge is -1.98. The molecule has 0 spiro atoms. The Bertz CT molecular complexity index is 696. The number of nitrogens with zero attached hydrogens (tertiary/aromatic N) is 2. The summed E-state index contributed by atoms with van der Waals surface area (Å²) >= 11 is 6.20. The lowest BCUT2D eigenvalue weighted by atomic mass is 10.1. The highest BCUT2D eigenvalue weighted by atomic mass is 35.5. The Morgan fingerprint density at radius 1 is 1.41 bits per heavy atom. The quantitative estimate of drug-likeness (QED) is 0.694. The summed E-state index contributed by atoms with van der Waals surface area (Å²) in [7, 11) is 1.96. The first-order valence-electron chi connectivity index (χ1n) is 5.21. The van der Waals surface area contributed by atoms with E-state index < -0.39 is 0 Å². The molecule has 0 atom stereocenters. The van der Waals surface area contributed by atoms with Crippen LogP contribution in [0, 0.1) is 0 Å². The van der Waals surface area contributed by atoms with E-state index in [1.807, 2.05) is 36.0 Å². The molecule has 2 heterocycles. The number of halogens is 1. The summed E-state index contributed by atoms with van der Waals surface area (Å²) in [5.74, 6) is 0. The first-order valence-corrected chi connectivity index (χ1v) is 5.59. The Hall–Kier alpha value is -1.94. The molecule has 0 aliphatic carbocycles. The van der Waals surface area contributed by atoms with Crippen LogP contribution < -0.4 is 5.73 Å². The van der Waals surface area contributed by atoms with Gasteiger partial charge in [0, 0.05) is 24.2 Å². The summed E-state index contributed by atoms with van der Waals surface area (Å²) in [5.41, 5.74) is 9.36. The van der Waals surface area contributed by atoms with E-state index in [4.69, 9.17) is 17.3 Å². The SMILES string of the molecule is Cn1cc(-c2[nH]ncc2N)c2cccc(Cl)c21. The molecule has 86 valence electrons. The van der Waals surface area contributed by atoms with Gasteiger partial charge in [-0.2, -0.15) is 5.10 Å². The first-order chi connectivity index (χ1) is 8.18. The van der Waals surface area contributed by atoms with Crippen LogP contribution in [0.1, 0.15) is 0 Å². The number of fused-ring (bicyclic) bond motifs is 1. The van der Waals surface area contributed by atoms with Crippen LogP contribution in [0.4, 0.5) is 5.69 Å². The van der Waals surface area contributed by atoms with Crippen molar-refractivity contribution in [1.82, 2.24) is 14.8 Å². The minimum atomic E-state index is 0.637. The molecule has 0 bridgehead atoms. The van der Waals surface area contributed by atoms with E-state index >= 15 is 0 Å². The molecule has 0 unspecified atom stereocenters. The maximum Gasteiger partial charge on any atom is 0.0901 e. The molecule has 1 aromatic carbocycles. The van der Waals surface area contributed by atoms with Crippen molar-refractivity contribution in [1.29, 1.82) is 0 Å². The van der Waals surface area contributed by atoms with Gasteiger partial charge in [0.05, 0.1) is 28.1 Å². The highest BCUT2D eigenvalue weighted by Crippen LogP contribution is 2.34. The van der Waals surface area contributed by atoms with Gasteiger partial charge in [0.1, 0.15) is 0 Å². The van der Waals surface area contributed by atoms with Gasteiger partial charge in [0.25, 0.3) is 0 Å². The van der Waals surface area contributed by atoms with Crippen LogP contribution in [-0.4, -0.2) is 14.8 Å². The van der Waals surface area contributed by atoms with Crippen LogP contribution in [0.15, 0.2) is 30.6 Å². The van der Waals surface area contributed by atoms with Gasteiger partial charge >= 0.3 is 0 Å². The first kappa shape index (κ1) is 10.2. The van der Waals surface area contributed by atoms with Gasteiger partial charge in [-0.1, -0.05) is 23.7 Å². The highest BCUT2D eigenvalue weighted by Gasteiger charge is 2.13. The topological polar surface area (TPSA) is 59.6 Å². The molecule has 0 amide bonds. The van der Waals surface area contributed by atoms with E-state index in [-0.39, 0.29) is 0 Å². The van der Waals surface area contributed by atoms with E-state index in [2.05, 4.69) is 10.2 Å². The van der Waals surface area contributed by atoms with Gasteiger partial charge in [-0.25, -0.2) is 0 Å². The van der Waals surface area contributed by atoms with E-state index in [1.54, 1.807) is 6.20 Å². The number of nitrogens with one attached hydrogen (secondary N) is 1. The van der Waals surface area contributed by atoms with Crippen molar-refractivity contribution in [2.45, 2.75) is 0 Å². The van der Waals surface area contributed by atoms with Crippen molar-refractivity contribution in [2.24, 2.45) is 7.05 Å². The predicted molar refractivity (Wildman–Crippen MR) is 69.9 cm³/mol. The minimum absolute atomic E-state index is 0.637. The molecule has 3 rings (SSSR count). The smallest absolute Gasteiger partial charge is 0.0901 e. The molecule has 3 aromatic rings. The number of hydrogen-bond donors (Lipinski definition) is 2. The summed E-state index contributed by atoms with van der Waals surface area (Å²) in [6.45, 7) is 0. The molecular formula is C12H11ClN4. The van der Waals surface area contributed by atoms with Crippen LogP contribution in [-0.2, 0) is 7.05 Å². The van der Waals surface area contributed by atoms with Crippen LogP contribution in [0.25, 0.3) is 22.2 Å². The molecule has 4 nitrogen and oxygen atoms in total.